The highest BCUT2D eigenvalue weighted by molar-refractivity contribution is 5.71. The lowest BCUT2D eigenvalue weighted by molar-refractivity contribution is -0.145. The van der Waals surface area contributed by atoms with Gasteiger partial charge < -0.3 is 9.47 Å². The highest BCUT2D eigenvalue weighted by atomic mass is 19.1. The first kappa shape index (κ1) is 11.4. The van der Waals surface area contributed by atoms with Crippen molar-refractivity contribution >= 4 is 5.97 Å². The zero-order valence-corrected chi connectivity index (χ0v) is 8.13. The van der Waals surface area contributed by atoms with Crippen molar-refractivity contribution in [1.82, 2.24) is 0 Å². The van der Waals surface area contributed by atoms with Gasteiger partial charge in [0.05, 0.1) is 6.61 Å². The maximum Gasteiger partial charge on any atom is 0.344 e. The van der Waals surface area contributed by atoms with E-state index in [0.717, 1.165) is 18.2 Å². The van der Waals surface area contributed by atoms with Crippen LogP contribution in [0.15, 0.2) is 18.2 Å². The molecule has 0 N–H and O–H groups in total. The molecule has 0 aliphatic carbocycles. The molecule has 0 aliphatic heterocycles. The quantitative estimate of drug-likeness (QED) is 0.721. The fourth-order valence-electron chi connectivity index (χ4n) is 0.957. The number of carbonyl (C=O) groups is 1. The lowest BCUT2D eigenvalue weighted by Gasteiger charge is -2.05. The molecule has 0 bridgehead atoms. The minimum atomic E-state index is -0.756. The summed E-state index contributed by atoms with van der Waals surface area (Å²) in [7, 11) is 0. The van der Waals surface area contributed by atoms with Gasteiger partial charge in [0.25, 0.3) is 0 Å². The number of carbonyl (C=O) groups excluding carboxylic acids is 1. The second kappa shape index (κ2) is 5.29. The largest absolute Gasteiger partial charge is 0.482 e. The number of benzene rings is 1. The van der Waals surface area contributed by atoms with E-state index in [2.05, 4.69) is 4.74 Å². The first-order valence-corrected chi connectivity index (χ1v) is 4.36. The normalized spacial score (nSPS) is 9.80. The van der Waals surface area contributed by atoms with Gasteiger partial charge in [-0.15, -0.1) is 0 Å². The van der Waals surface area contributed by atoms with Crippen LogP contribution in [-0.4, -0.2) is 19.2 Å². The molecular weight excluding hydrogens is 206 g/mol. The molecule has 0 heterocycles. The zero-order valence-electron chi connectivity index (χ0n) is 8.13. The smallest absolute Gasteiger partial charge is 0.344 e. The van der Waals surface area contributed by atoms with Crippen LogP contribution < -0.4 is 4.74 Å². The third-order valence-corrected chi connectivity index (χ3v) is 1.50. The van der Waals surface area contributed by atoms with Crippen molar-refractivity contribution in [2.75, 3.05) is 13.2 Å². The first-order valence-electron chi connectivity index (χ1n) is 4.36. The van der Waals surface area contributed by atoms with E-state index in [0.29, 0.717) is 0 Å². The summed E-state index contributed by atoms with van der Waals surface area (Å²) in [5.41, 5.74) is 0. The number of hydrogen-bond acceptors (Lipinski definition) is 3. The maximum absolute atomic E-state index is 12.7. The Kier molecular flexibility index (Phi) is 4.03. The molecular formula is C10H10F2O3. The van der Waals surface area contributed by atoms with Crippen LogP contribution in [0, 0.1) is 11.6 Å². The van der Waals surface area contributed by atoms with E-state index in [1.807, 2.05) is 0 Å². The van der Waals surface area contributed by atoms with Crippen molar-refractivity contribution in [2.45, 2.75) is 6.92 Å². The van der Waals surface area contributed by atoms with Crippen LogP contribution in [0.1, 0.15) is 6.92 Å². The highest BCUT2D eigenvalue weighted by Gasteiger charge is 2.05. The molecule has 0 aromatic heterocycles. The topological polar surface area (TPSA) is 35.5 Å². The van der Waals surface area contributed by atoms with Crippen LogP contribution in [0.4, 0.5) is 8.78 Å². The van der Waals surface area contributed by atoms with Crippen LogP contribution in [0.25, 0.3) is 0 Å². The third kappa shape index (κ3) is 3.93. The van der Waals surface area contributed by atoms with Gasteiger partial charge in [-0.1, -0.05) is 0 Å². The molecule has 1 aromatic rings. The molecule has 0 spiro atoms. The summed E-state index contributed by atoms with van der Waals surface area (Å²) >= 11 is 0. The van der Waals surface area contributed by atoms with Gasteiger partial charge in [0, 0.05) is 18.2 Å². The minimum absolute atomic E-state index is 0.0412. The Labute approximate surface area is 85.6 Å². The number of halogens is 2. The van der Waals surface area contributed by atoms with E-state index >= 15 is 0 Å². The first-order chi connectivity index (χ1) is 7.11. The predicted molar refractivity (Wildman–Crippen MR) is 48.5 cm³/mol. The minimum Gasteiger partial charge on any atom is -0.482 e. The van der Waals surface area contributed by atoms with Crippen LogP contribution >= 0.6 is 0 Å². The van der Waals surface area contributed by atoms with Crippen LogP contribution in [-0.2, 0) is 9.53 Å². The molecule has 0 radical (unpaired) electrons. The summed E-state index contributed by atoms with van der Waals surface area (Å²) in [6.45, 7) is 1.52. The molecule has 5 heteroatoms. The molecule has 0 aliphatic rings. The monoisotopic (exact) mass is 216 g/mol. The molecule has 1 aromatic carbocycles. The Morgan fingerprint density at radius 1 is 1.27 bits per heavy atom. The van der Waals surface area contributed by atoms with E-state index < -0.39 is 17.6 Å². The molecule has 0 atom stereocenters. The summed E-state index contributed by atoms with van der Waals surface area (Å²) in [4.78, 5) is 10.9. The van der Waals surface area contributed by atoms with E-state index in [4.69, 9.17) is 4.74 Å². The number of hydrogen-bond donors (Lipinski definition) is 0. The van der Waals surface area contributed by atoms with Crippen molar-refractivity contribution in [1.29, 1.82) is 0 Å². The van der Waals surface area contributed by atoms with Gasteiger partial charge in [0.2, 0.25) is 0 Å². The fourth-order valence-corrected chi connectivity index (χ4v) is 0.957. The molecule has 0 fully saturated rings. The number of rotatable bonds is 4. The standard InChI is InChI=1S/C10H10F2O3/c1-2-14-10(13)6-15-9-4-7(11)3-8(12)5-9/h3-5H,2,6H2,1H3. The van der Waals surface area contributed by atoms with Gasteiger partial charge in [-0.25, -0.2) is 13.6 Å². The van der Waals surface area contributed by atoms with Gasteiger partial charge in [-0.2, -0.15) is 0 Å². The van der Waals surface area contributed by atoms with Crippen molar-refractivity contribution < 1.29 is 23.0 Å². The molecule has 0 unspecified atom stereocenters. The number of ether oxygens (including phenoxy) is 2. The van der Waals surface area contributed by atoms with Gasteiger partial charge in [0.1, 0.15) is 17.4 Å². The SMILES string of the molecule is CCOC(=O)COc1cc(F)cc(F)c1. The van der Waals surface area contributed by atoms with E-state index in [-0.39, 0.29) is 19.0 Å². The zero-order chi connectivity index (χ0) is 11.3. The number of esters is 1. The second-order valence-electron chi connectivity index (χ2n) is 2.70. The Morgan fingerprint density at radius 2 is 1.87 bits per heavy atom. The van der Waals surface area contributed by atoms with Crippen LogP contribution in [0.2, 0.25) is 0 Å². The average molecular weight is 216 g/mol. The molecule has 15 heavy (non-hydrogen) atoms. The second-order valence-corrected chi connectivity index (χ2v) is 2.70. The molecule has 3 nitrogen and oxygen atoms in total. The average Bonchev–Trinajstić information content (AvgIpc) is 2.14. The molecule has 1 rings (SSSR count). The highest BCUT2D eigenvalue weighted by Crippen LogP contribution is 2.15. The van der Waals surface area contributed by atoms with E-state index in [1.165, 1.54) is 0 Å². The van der Waals surface area contributed by atoms with Crippen molar-refractivity contribution in [3.05, 3.63) is 29.8 Å². The lowest BCUT2D eigenvalue weighted by Crippen LogP contribution is -2.14. The summed E-state index contributed by atoms with van der Waals surface area (Å²) in [6.07, 6.45) is 0. The Hall–Kier alpha value is -1.65. The van der Waals surface area contributed by atoms with Gasteiger partial charge >= 0.3 is 5.97 Å². The Morgan fingerprint density at radius 3 is 2.40 bits per heavy atom. The van der Waals surface area contributed by atoms with Gasteiger partial charge in [0.15, 0.2) is 6.61 Å². The molecule has 0 saturated carbocycles. The predicted octanol–water partition coefficient (Wildman–Crippen LogP) is 1.91. The van der Waals surface area contributed by atoms with Gasteiger partial charge in [-0.3, -0.25) is 0 Å². The third-order valence-electron chi connectivity index (χ3n) is 1.50. The summed E-state index contributed by atoms with van der Waals surface area (Å²) in [5.74, 6) is -2.13. The summed E-state index contributed by atoms with van der Waals surface area (Å²) in [6, 6.07) is 2.70. The van der Waals surface area contributed by atoms with E-state index in [9.17, 15) is 13.6 Å². The summed E-state index contributed by atoms with van der Waals surface area (Å²) in [5, 5.41) is 0. The van der Waals surface area contributed by atoms with Crippen molar-refractivity contribution in [2.24, 2.45) is 0 Å². The van der Waals surface area contributed by atoms with Crippen molar-refractivity contribution in [3.8, 4) is 5.75 Å². The molecule has 0 saturated heterocycles. The van der Waals surface area contributed by atoms with Crippen LogP contribution in [0.3, 0.4) is 0 Å². The van der Waals surface area contributed by atoms with Gasteiger partial charge in [-0.05, 0) is 6.92 Å². The fraction of sp³-hybridized carbons (Fsp3) is 0.300. The van der Waals surface area contributed by atoms with E-state index in [1.54, 1.807) is 6.92 Å². The van der Waals surface area contributed by atoms with Crippen molar-refractivity contribution in [3.63, 3.8) is 0 Å². The Bertz CT molecular complexity index is 332. The van der Waals surface area contributed by atoms with Crippen LogP contribution in [0.5, 0.6) is 5.75 Å². The maximum atomic E-state index is 12.7. The Balaban J connectivity index is 2.54. The lowest BCUT2D eigenvalue weighted by atomic mass is 10.3. The summed E-state index contributed by atoms with van der Waals surface area (Å²) < 4.78 is 34.7. The molecule has 82 valence electrons. The molecule has 0 amide bonds.